The van der Waals surface area contributed by atoms with Crippen LogP contribution in [0.3, 0.4) is 0 Å². The zero-order valence-corrected chi connectivity index (χ0v) is 18.9. The first kappa shape index (κ1) is 23.8. The van der Waals surface area contributed by atoms with Crippen molar-refractivity contribution in [1.82, 2.24) is 20.4 Å². The summed E-state index contributed by atoms with van der Waals surface area (Å²) in [5.74, 6) is 2.55. The number of carbonyl (C=O) groups is 1. The molecule has 30 heavy (non-hydrogen) atoms. The molecule has 2 N–H and O–H groups in total. The molecule has 0 bridgehead atoms. The fourth-order valence-corrected chi connectivity index (χ4v) is 3.42. The van der Waals surface area contributed by atoms with Crippen LogP contribution in [0.25, 0.3) is 0 Å². The van der Waals surface area contributed by atoms with Gasteiger partial charge in [0.05, 0.1) is 13.2 Å². The number of piperazine rings is 1. The molecular formula is C22H37N5O3. The Bertz CT molecular complexity index is 687. The van der Waals surface area contributed by atoms with Gasteiger partial charge in [0.1, 0.15) is 0 Å². The van der Waals surface area contributed by atoms with Gasteiger partial charge < -0.3 is 25.0 Å². The molecule has 0 aliphatic carbocycles. The van der Waals surface area contributed by atoms with E-state index in [4.69, 9.17) is 9.47 Å². The number of hydrogen-bond donors (Lipinski definition) is 2. The van der Waals surface area contributed by atoms with Gasteiger partial charge in [-0.2, -0.15) is 0 Å². The summed E-state index contributed by atoms with van der Waals surface area (Å²) in [6.07, 6.45) is 0.861. The van der Waals surface area contributed by atoms with E-state index in [1.165, 1.54) is 5.56 Å². The topological polar surface area (TPSA) is 78.4 Å². The van der Waals surface area contributed by atoms with Crippen LogP contribution in [-0.4, -0.2) is 87.7 Å². The second kappa shape index (κ2) is 13.0. The predicted molar refractivity (Wildman–Crippen MR) is 121 cm³/mol. The maximum absolute atomic E-state index is 11.4. The first-order valence-electron chi connectivity index (χ1n) is 10.9. The third-order valence-electron chi connectivity index (χ3n) is 5.08. The highest BCUT2D eigenvalue weighted by atomic mass is 16.5. The van der Waals surface area contributed by atoms with E-state index in [0.717, 1.165) is 69.7 Å². The van der Waals surface area contributed by atoms with Crippen molar-refractivity contribution >= 4 is 11.9 Å². The fraction of sp³-hybridized carbons (Fsp3) is 0.636. The molecule has 0 saturated carbocycles. The van der Waals surface area contributed by atoms with Crippen LogP contribution in [0.1, 0.15) is 26.3 Å². The third-order valence-corrected chi connectivity index (χ3v) is 5.08. The van der Waals surface area contributed by atoms with Crippen molar-refractivity contribution in [2.24, 2.45) is 4.99 Å². The fourth-order valence-electron chi connectivity index (χ4n) is 3.42. The third kappa shape index (κ3) is 7.74. The molecule has 1 aromatic carbocycles. The van der Waals surface area contributed by atoms with Gasteiger partial charge in [0.2, 0.25) is 5.91 Å². The summed E-state index contributed by atoms with van der Waals surface area (Å²) in [4.78, 5) is 20.0. The van der Waals surface area contributed by atoms with Crippen LogP contribution in [0.2, 0.25) is 0 Å². The molecule has 8 nitrogen and oxygen atoms in total. The number of aliphatic imine (C=N–C) groups is 1. The van der Waals surface area contributed by atoms with Crippen LogP contribution in [0.5, 0.6) is 11.5 Å². The molecule has 0 spiro atoms. The molecule has 1 fully saturated rings. The summed E-state index contributed by atoms with van der Waals surface area (Å²) in [5, 5.41) is 6.73. The molecular weight excluding hydrogens is 382 g/mol. The Morgan fingerprint density at radius 1 is 1.03 bits per heavy atom. The lowest BCUT2D eigenvalue weighted by Crippen LogP contribution is -2.50. The average Bonchev–Trinajstić information content (AvgIpc) is 2.75. The summed E-state index contributed by atoms with van der Waals surface area (Å²) in [7, 11) is 1.78. The van der Waals surface area contributed by atoms with Crippen LogP contribution >= 0.6 is 0 Å². The summed E-state index contributed by atoms with van der Waals surface area (Å²) in [6.45, 7) is 12.8. The lowest BCUT2D eigenvalue weighted by molar-refractivity contribution is -0.130. The van der Waals surface area contributed by atoms with E-state index in [2.05, 4.69) is 26.6 Å². The zero-order chi connectivity index (χ0) is 21.8. The number of benzene rings is 1. The summed E-state index contributed by atoms with van der Waals surface area (Å²) < 4.78 is 11.3. The zero-order valence-electron chi connectivity index (χ0n) is 18.9. The van der Waals surface area contributed by atoms with Gasteiger partial charge in [0, 0.05) is 59.8 Å². The van der Waals surface area contributed by atoms with Crippen molar-refractivity contribution in [2.75, 3.05) is 66.1 Å². The highest BCUT2D eigenvalue weighted by molar-refractivity contribution is 5.79. The summed E-state index contributed by atoms with van der Waals surface area (Å²) in [6, 6.07) is 6.10. The van der Waals surface area contributed by atoms with E-state index < -0.39 is 0 Å². The first-order valence-corrected chi connectivity index (χ1v) is 10.9. The van der Waals surface area contributed by atoms with E-state index in [0.29, 0.717) is 13.2 Å². The molecule has 2 rings (SSSR count). The SMILES string of the molecule is CCOc1ccc(CCNC(=NC)NCCN2CCN(C(C)=O)CC2)cc1OCC. The maximum Gasteiger partial charge on any atom is 0.219 e. The number of guanidine groups is 1. The van der Waals surface area contributed by atoms with Crippen molar-refractivity contribution in [1.29, 1.82) is 0 Å². The van der Waals surface area contributed by atoms with Crippen molar-refractivity contribution in [2.45, 2.75) is 27.2 Å². The van der Waals surface area contributed by atoms with Gasteiger partial charge in [-0.05, 0) is 38.0 Å². The van der Waals surface area contributed by atoms with Gasteiger partial charge in [-0.3, -0.25) is 14.7 Å². The molecule has 1 amide bonds. The van der Waals surface area contributed by atoms with Crippen LogP contribution in [0.4, 0.5) is 0 Å². The minimum atomic E-state index is 0.165. The number of rotatable bonds is 10. The van der Waals surface area contributed by atoms with Crippen molar-refractivity contribution in [3.63, 3.8) is 0 Å². The molecule has 168 valence electrons. The van der Waals surface area contributed by atoms with Crippen LogP contribution in [0, 0.1) is 0 Å². The number of nitrogens with one attached hydrogen (secondary N) is 2. The van der Waals surface area contributed by atoms with E-state index in [1.54, 1.807) is 14.0 Å². The maximum atomic E-state index is 11.4. The lowest BCUT2D eigenvalue weighted by Gasteiger charge is -2.34. The smallest absolute Gasteiger partial charge is 0.219 e. The van der Waals surface area contributed by atoms with Gasteiger partial charge in [0.25, 0.3) is 0 Å². The minimum Gasteiger partial charge on any atom is -0.490 e. The van der Waals surface area contributed by atoms with E-state index in [-0.39, 0.29) is 5.91 Å². The second-order valence-electron chi connectivity index (χ2n) is 7.17. The van der Waals surface area contributed by atoms with E-state index in [1.807, 2.05) is 30.9 Å². The van der Waals surface area contributed by atoms with Gasteiger partial charge in [-0.25, -0.2) is 0 Å². The number of amides is 1. The molecule has 1 aromatic rings. The largest absolute Gasteiger partial charge is 0.490 e. The molecule has 1 aliphatic heterocycles. The lowest BCUT2D eigenvalue weighted by atomic mass is 10.1. The standard InChI is InChI=1S/C22H37N5O3/c1-5-29-20-8-7-19(17-21(20)30-6-2)9-10-24-22(23-4)25-11-12-26-13-15-27(16-14-26)18(3)28/h7-8,17H,5-6,9-16H2,1-4H3,(H2,23,24,25). The van der Waals surface area contributed by atoms with Gasteiger partial charge >= 0.3 is 0 Å². The Balaban J connectivity index is 1.70. The monoisotopic (exact) mass is 419 g/mol. The Morgan fingerprint density at radius 2 is 1.70 bits per heavy atom. The number of ether oxygens (including phenoxy) is 2. The normalized spacial score (nSPS) is 15.1. The average molecular weight is 420 g/mol. The van der Waals surface area contributed by atoms with Crippen molar-refractivity contribution < 1.29 is 14.3 Å². The molecule has 0 aromatic heterocycles. The Hall–Kier alpha value is -2.48. The van der Waals surface area contributed by atoms with Crippen LogP contribution in [-0.2, 0) is 11.2 Å². The van der Waals surface area contributed by atoms with Gasteiger partial charge in [-0.1, -0.05) is 6.07 Å². The number of nitrogens with zero attached hydrogens (tertiary/aromatic N) is 3. The highest BCUT2D eigenvalue weighted by Gasteiger charge is 2.17. The molecule has 0 radical (unpaired) electrons. The second-order valence-corrected chi connectivity index (χ2v) is 7.17. The van der Waals surface area contributed by atoms with E-state index in [9.17, 15) is 4.79 Å². The number of carbonyl (C=O) groups excluding carboxylic acids is 1. The van der Waals surface area contributed by atoms with Crippen molar-refractivity contribution in [3.8, 4) is 11.5 Å². The summed E-state index contributed by atoms with van der Waals surface area (Å²) in [5.41, 5.74) is 1.19. The summed E-state index contributed by atoms with van der Waals surface area (Å²) >= 11 is 0. The van der Waals surface area contributed by atoms with Crippen LogP contribution in [0.15, 0.2) is 23.2 Å². The molecule has 8 heteroatoms. The van der Waals surface area contributed by atoms with Crippen LogP contribution < -0.4 is 20.1 Å². The van der Waals surface area contributed by atoms with E-state index >= 15 is 0 Å². The van der Waals surface area contributed by atoms with Gasteiger partial charge in [-0.15, -0.1) is 0 Å². The predicted octanol–water partition coefficient (Wildman–Crippen LogP) is 1.36. The Morgan fingerprint density at radius 3 is 2.33 bits per heavy atom. The van der Waals surface area contributed by atoms with Crippen molar-refractivity contribution in [3.05, 3.63) is 23.8 Å². The highest BCUT2D eigenvalue weighted by Crippen LogP contribution is 2.28. The molecule has 1 aliphatic rings. The Labute approximate surface area is 180 Å². The molecule has 0 unspecified atom stereocenters. The first-order chi connectivity index (χ1) is 14.6. The minimum absolute atomic E-state index is 0.165. The molecule has 1 heterocycles. The quantitative estimate of drug-likeness (QED) is 0.440. The molecule has 0 atom stereocenters. The number of hydrogen-bond acceptors (Lipinski definition) is 5. The van der Waals surface area contributed by atoms with Gasteiger partial charge in [0.15, 0.2) is 17.5 Å². The Kier molecular flexibility index (Phi) is 10.3. The molecule has 1 saturated heterocycles.